The Morgan fingerprint density at radius 1 is 1.18 bits per heavy atom. The van der Waals surface area contributed by atoms with Gasteiger partial charge in [0.1, 0.15) is 0 Å². The molecule has 22 heavy (non-hydrogen) atoms. The highest BCUT2D eigenvalue weighted by molar-refractivity contribution is 5.95. The van der Waals surface area contributed by atoms with Crippen molar-refractivity contribution in [3.8, 4) is 0 Å². The highest BCUT2D eigenvalue weighted by Gasteiger charge is 2.21. The number of carbonyl (C=O) groups excluding carboxylic acids is 2. The number of amides is 3. The van der Waals surface area contributed by atoms with Crippen molar-refractivity contribution in [1.29, 1.82) is 0 Å². The highest BCUT2D eigenvalue weighted by Crippen LogP contribution is 2.21. The molecule has 0 saturated carbocycles. The SMILES string of the molecule is O=C(O)CCNC(=O)NCc1ccc(N2CCCC2=O)cc1. The van der Waals surface area contributed by atoms with Crippen LogP contribution in [0.3, 0.4) is 0 Å². The van der Waals surface area contributed by atoms with E-state index in [1.807, 2.05) is 24.3 Å². The molecule has 1 aromatic rings. The summed E-state index contributed by atoms with van der Waals surface area (Å²) in [7, 11) is 0. The Hall–Kier alpha value is -2.57. The lowest BCUT2D eigenvalue weighted by Crippen LogP contribution is -2.36. The van der Waals surface area contributed by atoms with Crippen molar-refractivity contribution >= 4 is 23.6 Å². The summed E-state index contributed by atoms with van der Waals surface area (Å²) < 4.78 is 0. The summed E-state index contributed by atoms with van der Waals surface area (Å²) >= 11 is 0. The normalized spacial score (nSPS) is 14.0. The first-order chi connectivity index (χ1) is 10.6. The van der Waals surface area contributed by atoms with Gasteiger partial charge >= 0.3 is 12.0 Å². The predicted molar refractivity (Wildman–Crippen MR) is 80.5 cm³/mol. The molecule has 118 valence electrons. The maximum atomic E-state index is 11.6. The van der Waals surface area contributed by atoms with Crippen LogP contribution in [0.5, 0.6) is 0 Å². The largest absolute Gasteiger partial charge is 0.481 e. The van der Waals surface area contributed by atoms with E-state index in [0.29, 0.717) is 13.0 Å². The van der Waals surface area contributed by atoms with Crippen molar-refractivity contribution in [3.63, 3.8) is 0 Å². The number of nitrogens with zero attached hydrogens (tertiary/aromatic N) is 1. The molecule has 3 N–H and O–H groups in total. The van der Waals surface area contributed by atoms with Crippen molar-refractivity contribution in [1.82, 2.24) is 10.6 Å². The van der Waals surface area contributed by atoms with Gasteiger partial charge in [-0.25, -0.2) is 4.79 Å². The third-order valence-electron chi connectivity index (χ3n) is 3.40. The molecule has 0 aliphatic carbocycles. The third kappa shape index (κ3) is 4.47. The molecule has 1 aliphatic heterocycles. The molecule has 1 fully saturated rings. The van der Waals surface area contributed by atoms with E-state index in [-0.39, 0.29) is 18.9 Å². The number of carboxylic acids is 1. The molecule has 3 amide bonds. The van der Waals surface area contributed by atoms with E-state index in [1.54, 1.807) is 4.90 Å². The topological polar surface area (TPSA) is 98.7 Å². The Morgan fingerprint density at radius 3 is 2.50 bits per heavy atom. The average Bonchev–Trinajstić information content (AvgIpc) is 2.91. The first kappa shape index (κ1) is 15.8. The molecular weight excluding hydrogens is 286 g/mol. The summed E-state index contributed by atoms with van der Waals surface area (Å²) in [5.74, 6) is -0.809. The van der Waals surface area contributed by atoms with E-state index in [0.717, 1.165) is 24.2 Å². The molecule has 1 heterocycles. The van der Waals surface area contributed by atoms with Gasteiger partial charge in [-0.1, -0.05) is 12.1 Å². The monoisotopic (exact) mass is 305 g/mol. The van der Waals surface area contributed by atoms with Crippen molar-refractivity contribution in [2.45, 2.75) is 25.8 Å². The molecule has 7 heteroatoms. The molecule has 7 nitrogen and oxygen atoms in total. The van der Waals surface area contributed by atoms with E-state index >= 15 is 0 Å². The van der Waals surface area contributed by atoms with Gasteiger partial charge < -0.3 is 20.6 Å². The van der Waals surface area contributed by atoms with Crippen LogP contribution in [0.15, 0.2) is 24.3 Å². The number of rotatable bonds is 6. The van der Waals surface area contributed by atoms with Gasteiger partial charge in [-0.15, -0.1) is 0 Å². The zero-order valence-corrected chi connectivity index (χ0v) is 12.2. The van der Waals surface area contributed by atoms with Gasteiger partial charge in [-0.3, -0.25) is 9.59 Å². The first-order valence-electron chi connectivity index (χ1n) is 7.19. The minimum absolute atomic E-state index is 0.0944. The quantitative estimate of drug-likeness (QED) is 0.732. The number of carboxylic acid groups (broad SMARTS) is 1. The molecule has 0 spiro atoms. The molecular formula is C15H19N3O4. The van der Waals surface area contributed by atoms with Crippen molar-refractivity contribution in [3.05, 3.63) is 29.8 Å². The summed E-state index contributed by atoms with van der Waals surface area (Å²) in [5, 5.41) is 13.6. The average molecular weight is 305 g/mol. The molecule has 0 atom stereocenters. The Balaban J connectivity index is 1.78. The molecule has 2 rings (SSSR count). The number of aliphatic carboxylic acids is 1. The van der Waals surface area contributed by atoms with Crippen LogP contribution in [0.2, 0.25) is 0 Å². The van der Waals surface area contributed by atoms with Crippen LogP contribution < -0.4 is 15.5 Å². The third-order valence-corrected chi connectivity index (χ3v) is 3.40. The van der Waals surface area contributed by atoms with E-state index in [9.17, 15) is 14.4 Å². The smallest absolute Gasteiger partial charge is 0.315 e. The van der Waals surface area contributed by atoms with Crippen LogP contribution in [-0.2, 0) is 16.1 Å². The number of hydrogen-bond donors (Lipinski definition) is 3. The maximum Gasteiger partial charge on any atom is 0.315 e. The second kappa shape index (κ2) is 7.44. The molecule has 0 unspecified atom stereocenters. The Kier molecular flexibility index (Phi) is 5.35. The van der Waals surface area contributed by atoms with Crippen LogP contribution in [0.4, 0.5) is 10.5 Å². The summed E-state index contributed by atoms with van der Waals surface area (Å²) in [4.78, 5) is 35.2. The highest BCUT2D eigenvalue weighted by atomic mass is 16.4. The second-order valence-corrected chi connectivity index (χ2v) is 5.07. The molecule has 0 bridgehead atoms. The predicted octanol–water partition coefficient (Wildman–Crippen LogP) is 1.09. The van der Waals surface area contributed by atoms with Crippen LogP contribution in [-0.4, -0.2) is 36.1 Å². The fourth-order valence-electron chi connectivity index (χ4n) is 2.24. The van der Waals surface area contributed by atoms with E-state index in [4.69, 9.17) is 5.11 Å². The summed E-state index contributed by atoms with van der Waals surface area (Å²) in [5.41, 5.74) is 1.78. The maximum absolute atomic E-state index is 11.6. The van der Waals surface area contributed by atoms with Crippen LogP contribution >= 0.6 is 0 Å². The van der Waals surface area contributed by atoms with Crippen molar-refractivity contribution in [2.75, 3.05) is 18.0 Å². The lowest BCUT2D eigenvalue weighted by Gasteiger charge is -2.16. The summed E-state index contributed by atoms with van der Waals surface area (Å²) in [6.45, 7) is 1.19. The number of anilines is 1. The van der Waals surface area contributed by atoms with Gasteiger partial charge in [0.05, 0.1) is 6.42 Å². The second-order valence-electron chi connectivity index (χ2n) is 5.07. The Morgan fingerprint density at radius 2 is 1.91 bits per heavy atom. The minimum Gasteiger partial charge on any atom is -0.481 e. The first-order valence-corrected chi connectivity index (χ1v) is 7.19. The van der Waals surface area contributed by atoms with E-state index in [1.165, 1.54) is 0 Å². The number of urea groups is 1. The fourth-order valence-corrected chi connectivity index (χ4v) is 2.24. The standard InChI is InChI=1S/C15H19N3O4/c19-13-2-1-9-18(13)12-5-3-11(4-6-12)10-17-15(22)16-8-7-14(20)21/h3-6H,1-2,7-10H2,(H,20,21)(H2,16,17,22). The van der Waals surface area contributed by atoms with Gasteiger partial charge in [0.2, 0.25) is 5.91 Å². The van der Waals surface area contributed by atoms with Gasteiger partial charge in [0, 0.05) is 31.7 Å². The Bertz CT molecular complexity index is 556. The van der Waals surface area contributed by atoms with E-state index in [2.05, 4.69) is 10.6 Å². The minimum atomic E-state index is -0.952. The fraction of sp³-hybridized carbons (Fsp3) is 0.400. The molecule has 1 saturated heterocycles. The Labute approximate surface area is 128 Å². The lowest BCUT2D eigenvalue weighted by atomic mass is 10.2. The number of nitrogens with one attached hydrogen (secondary N) is 2. The summed E-state index contributed by atoms with van der Waals surface area (Å²) in [6, 6.07) is 7.04. The van der Waals surface area contributed by atoms with Crippen LogP contribution in [0.25, 0.3) is 0 Å². The van der Waals surface area contributed by atoms with Gasteiger partial charge in [-0.05, 0) is 24.1 Å². The van der Waals surface area contributed by atoms with Gasteiger partial charge in [-0.2, -0.15) is 0 Å². The van der Waals surface area contributed by atoms with Crippen molar-refractivity contribution in [2.24, 2.45) is 0 Å². The van der Waals surface area contributed by atoms with E-state index < -0.39 is 12.0 Å². The molecule has 0 radical (unpaired) electrons. The van der Waals surface area contributed by atoms with Crippen LogP contribution in [0, 0.1) is 0 Å². The number of carbonyl (C=O) groups is 3. The lowest BCUT2D eigenvalue weighted by molar-refractivity contribution is -0.136. The zero-order chi connectivity index (χ0) is 15.9. The van der Waals surface area contributed by atoms with Crippen LogP contribution in [0.1, 0.15) is 24.8 Å². The summed E-state index contributed by atoms with van der Waals surface area (Å²) in [6.07, 6.45) is 1.38. The van der Waals surface area contributed by atoms with Gasteiger partial charge in [0.15, 0.2) is 0 Å². The number of hydrogen-bond acceptors (Lipinski definition) is 3. The molecule has 1 aliphatic rings. The zero-order valence-electron chi connectivity index (χ0n) is 12.2. The molecule has 0 aromatic heterocycles. The van der Waals surface area contributed by atoms with Gasteiger partial charge in [0.25, 0.3) is 0 Å². The number of benzene rings is 1. The molecule has 1 aromatic carbocycles. The van der Waals surface area contributed by atoms with Crippen molar-refractivity contribution < 1.29 is 19.5 Å².